The Morgan fingerprint density at radius 1 is 1.50 bits per heavy atom. The summed E-state index contributed by atoms with van der Waals surface area (Å²) < 4.78 is 5.55. The highest BCUT2D eigenvalue weighted by molar-refractivity contribution is 6.31. The van der Waals surface area contributed by atoms with Crippen molar-refractivity contribution in [2.45, 2.75) is 32.7 Å². The van der Waals surface area contributed by atoms with Crippen LogP contribution in [0.5, 0.6) is 5.75 Å². The van der Waals surface area contributed by atoms with Crippen molar-refractivity contribution >= 4 is 23.3 Å². The van der Waals surface area contributed by atoms with Crippen molar-refractivity contribution in [3.8, 4) is 5.75 Å². The van der Waals surface area contributed by atoms with Gasteiger partial charge in [0.2, 0.25) is 0 Å². The monoisotopic (exact) mass is 300 g/mol. The van der Waals surface area contributed by atoms with Crippen molar-refractivity contribution in [1.29, 1.82) is 0 Å². The van der Waals surface area contributed by atoms with Gasteiger partial charge in [0.15, 0.2) is 0 Å². The van der Waals surface area contributed by atoms with E-state index < -0.39 is 0 Å². The Balaban J connectivity index is 2.69. The molecule has 1 atom stereocenters. The molecule has 6 heteroatoms. The van der Waals surface area contributed by atoms with E-state index in [0.29, 0.717) is 29.5 Å². The largest absolute Gasteiger partial charge is 0.491 e. The molecule has 0 fully saturated rings. The van der Waals surface area contributed by atoms with E-state index in [-0.39, 0.29) is 18.7 Å². The van der Waals surface area contributed by atoms with Crippen LogP contribution in [0.3, 0.4) is 0 Å². The highest BCUT2D eigenvalue weighted by Gasteiger charge is 2.11. The van der Waals surface area contributed by atoms with E-state index >= 15 is 0 Å². The third-order valence-corrected chi connectivity index (χ3v) is 2.83. The van der Waals surface area contributed by atoms with Crippen molar-refractivity contribution in [3.63, 3.8) is 0 Å². The number of hydrogen-bond donors (Lipinski definition) is 3. The average molecular weight is 301 g/mol. The smallest absolute Gasteiger partial charge is 0.319 e. The maximum atomic E-state index is 11.8. The minimum Gasteiger partial charge on any atom is -0.491 e. The lowest BCUT2D eigenvalue weighted by atomic mass is 10.2. The lowest BCUT2D eigenvalue weighted by Gasteiger charge is -2.16. The molecule has 0 aliphatic heterocycles. The fourth-order valence-electron chi connectivity index (χ4n) is 1.59. The third kappa shape index (κ3) is 5.67. The Hall–Kier alpha value is -1.46. The predicted molar refractivity (Wildman–Crippen MR) is 80.6 cm³/mol. The molecule has 0 aliphatic rings. The summed E-state index contributed by atoms with van der Waals surface area (Å²) in [6.07, 6.45) is 1.38. The molecule has 0 saturated heterocycles. The Kier molecular flexibility index (Phi) is 7.18. The number of ether oxygens (including phenoxy) is 1. The summed E-state index contributed by atoms with van der Waals surface area (Å²) in [6.45, 7) is 4.43. The van der Waals surface area contributed by atoms with Crippen LogP contribution in [0.15, 0.2) is 18.2 Å². The quantitative estimate of drug-likeness (QED) is 0.725. The summed E-state index contributed by atoms with van der Waals surface area (Å²) >= 11 is 5.93. The fraction of sp³-hybridized carbons (Fsp3) is 0.500. The van der Waals surface area contributed by atoms with E-state index in [2.05, 4.69) is 10.6 Å². The summed E-state index contributed by atoms with van der Waals surface area (Å²) in [4.78, 5) is 11.8. The zero-order valence-corrected chi connectivity index (χ0v) is 12.5. The van der Waals surface area contributed by atoms with Crippen LogP contribution in [0, 0.1) is 0 Å². The molecule has 0 saturated carbocycles. The fourth-order valence-corrected chi connectivity index (χ4v) is 1.76. The molecule has 0 aliphatic carbocycles. The maximum Gasteiger partial charge on any atom is 0.319 e. The van der Waals surface area contributed by atoms with Crippen LogP contribution in [0.4, 0.5) is 10.5 Å². The van der Waals surface area contributed by atoms with E-state index in [1.165, 1.54) is 0 Å². The second-order valence-electron chi connectivity index (χ2n) is 4.50. The van der Waals surface area contributed by atoms with Crippen LogP contribution in [-0.2, 0) is 0 Å². The van der Waals surface area contributed by atoms with E-state index in [4.69, 9.17) is 21.4 Å². The van der Waals surface area contributed by atoms with Gasteiger partial charge in [-0.2, -0.15) is 0 Å². The molecule has 2 amide bonds. The van der Waals surface area contributed by atoms with Gasteiger partial charge < -0.3 is 20.5 Å². The standard InChI is InChI=1S/C14H21ClN2O3/c1-3-8-20-13-5-4-11(15)9-12(13)17-14(19)16-10(2)6-7-18/h4-5,9-10,18H,3,6-8H2,1-2H3,(H2,16,17,19)/t10-/m1/s1. The number of hydrogen-bond acceptors (Lipinski definition) is 3. The second-order valence-corrected chi connectivity index (χ2v) is 4.94. The van der Waals surface area contributed by atoms with Gasteiger partial charge in [0.1, 0.15) is 5.75 Å². The molecule has 5 nitrogen and oxygen atoms in total. The summed E-state index contributed by atoms with van der Waals surface area (Å²) in [7, 11) is 0. The van der Waals surface area contributed by atoms with Crippen molar-refractivity contribution in [2.75, 3.05) is 18.5 Å². The van der Waals surface area contributed by atoms with Crippen LogP contribution in [-0.4, -0.2) is 30.4 Å². The highest BCUT2D eigenvalue weighted by Crippen LogP contribution is 2.28. The number of benzene rings is 1. The summed E-state index contributed by atoms with van der Waals surface area (Å²) in [6, 6.07) is 4.62. The zero-order chi connectivity index (χ0) is 15.0. The number of nitrogens with one attached hydrogen (secondary N) is 2. The molecule has 0 bridgehead atoms. The van der Waals surface area contributed by atoms with Crippen LogP contribution in [0.2, 0.25) is 5.02 Å². The lowest BCUT2D eigenvalue weighted by molar-refractivity contribution is 0.241. The number of carbonyl (C=O) groups is 1. The normalized spacial score (nSPS) is 11.8. The Bertz CT molecular complexity index is 440. The topological polar surface area (TPSA) is 70.6 Å². The molecular weight excluding hydrogens is 280 g/mol. The average Bonchev–Trinajstić information content (AvgIpc) is 2.37. The van der Waals surface area contributed by atoms with Gasteiger partial charge in [0.05, 0.1) is 12.3 Å². The van der Waals surface area contributed by atoms with Crippen LogP contribution >= 0.6 is 11.6 Å². The highest BCUT2D eigenvalue weighted by atomic mass is 35.5. The number of amides is 2. The van der Waals surface area contributed by atoms with Crippen molar-refractivity contribution in [2.24, 2.45) is 0 Å². The third-order valence-electron chi connectivity index (χ3n) is 2.59. The minimum absolute atomic E-state index is 0.0312. The molecule has 112 valence electrons. The number of urea groups is 1. The molecule has 3 N–H and O–H groups in total. The Labute approximate surface area is 124 Å². The molecular formula is C14H21ClN2O3. The van der Waals surface area contributed by atoms with Gasteiger partial charge in [0.25, 0.3) is 0 Å². The van der Waals surface area contributed by atoms with Gasteiger partial charge in [-0.3, -0.25) is 0 Å². The summed E-state index contributed by atoms with van der Waals surface area (Å²) in [5.41, 5.74) is 0.527. The number of halogens is 1. The first kappa shape index (κ1) is 16.6. The van der Waals surface area contributed by atoms with Gasteiger partial charge in [-0.1, -0.05) is 18.5 Å². The lowest BCUT2D eigenvalue weighted by Crippen LogP contribution is -2.36. The van der Waals surface area contributed by atoms with Crippen LogP contribution in [0.25, 0.3) is 0 Å². The molecule has 0 heterocycles. The number of carbonyl (C=O) groups excluding carboxylic acids is 1. The first-order valence-corrected chi connectivity index (χ1v) is 7.05. The number of rotatable bonds is 7. The van der Waals surface area contributed by atoms with Crippen LogP contribution < -0.4 is 15.4 Å². The number of anilines is 1. The van der Waals surface area contributed by atoms with Gasteiger partial charge in [-0.15, -0.1) is 0 Å². The molecule has 0 spiro atoms. The van der Waals surface area contributed by atoms with Gasteiger partial charge in [-0.05, 0) is 38.0 Å². The minimum atomic E-state index is -0.352. The molecule has 0 aromatic heterocycles. The Morgan fingerprint density at radius 2 is 2.25 bits per heavy atom. The SMILES string of the molecule is CCCOc1ccc(Cl)cc1NC(=O)N[C@H](C)CCO. The van der Waals surface area contributed by atoms with Crippen molar-refractivity contribution in [1.82, 2.24) is 5.32 Å². The van der Waals surface area contributed by atoms with Crippen LogP contribution in [0.1, 0.15) is 26.7 Å². The first-order chi connectivity index (χ1) is 9.56. The number of aliphatic hydroxyl groups excluding tert-OH is 1. The van der Waals surface area contributed by atoms with E-state index in [0.717, 1.165) is 6.42 Å². The Morgan fingerprint density at radius 3 is 2.90 bits per heavy atom. The van der Waals surface area contributed by atoms with Crippen molar-refractivity contribution in [3.05, 3.63) is 23.2 Å². The second kappa shape index (κ2) is 8.66. The number of aliphatic hydroxyl groups is 1. The predicted octanol–water partition coefficient (Wildman–Crippen LogP) is 3.02. The molecule has 1 aromatic rings. The maximum absolute atomic E-state index is 11.8. The van der Waals surface area contributed by atoms with E-state index in [1.54, 1.807) is 18.2 Å². The first-order valence-electron chi connectivity index (χ1n) is 6.67. The van der Waals surface area contributed by atoms with Gasteiger partial charge >= 0.3 is 6.03 Å². The summed E-state index contributed by atoms with van der Waals surface area (Å²) in [5.74, 6) is 0.584. The molecule has 0 radical (unpaired) electrons. The zero-order valence-electron chi connectivity index (χ0n) is 11.8. The molecule has 1 rings (SSSR count). The van der Waals surface area contributed by atoms with E-state index in [1.807, 2.05) is 13.8 Å². The summed E-state index contributed by atoms with van der Waals surface area (Å²) in [5, 5.41) is 14.8. The van der Waals surface area contributed by atoms with Crippen molar-refractivity contribution < 1.29 is 14.6 Å². The molecule has 1 aromatic carbocycles. The van der Waals surface area contributed by atoms with Gasteiger partial charge in [-0.25, -0.2) is 4.79 Å². The van der Waals surface area contributed by atoms with Gasteiger partial charge in [0, 0.05) is 17.7 Å². The van der Waals surface area contributed by atoms with E-state index in [9.17, 15) is 4.79 Å². The molecule has 0 unspecified atom stereocenters. The molecule has 20 heavy (non-hydrogen) atoms.